The minimum Gasteiger partial charge on any atom is -0.383 e. The van der Waals surface area contributed by atoms with Crippen LogP contribution in [-0.2, 0) is 22.4 Å². The molecule has 0 aromatic carbocycles. The highest BCUT2D eigenvalue weighted by atomic mass is 32.1. The number of hydrogen-bond donors (Lipinski definition) is 1. The van der Waals surface area contributed by atoms with Crippen LogP contribution in [-0.4, -0.2) is 49.7 Å². The Morgan fingerprint density at radius 3 is 3.12 bits per heavy atom. The second-order valence-electron chi connectivity index (χ2n) is 6.43. The van der Waals surface area contributed by atoms with Crippen molar-refractivity contribution < 1.29 is 9.53 Å². The fourth-order valence-corrected chi connectivity index (χ4v) is 4.53. The number of nitrogens with zero attached hydrogens (tertiary/aromatic N) is 3. The molecule has 0 unspecified atom stereocenters. The number of nitrogens with one attached hydrogen (secondary N) is 1. The number of ether oxygens (including phenoxy) is 1. The van der Waals surface area contributed by atoms with Crippen molar-refractivity contribution in [3.05, 3.63) is 16.8 Å². The van der Waals surface area contributed by atoms with E-state index in [0.717, 1.165) is 34.8 Å². The summed E-state index contributed by atoms with van der Waals surface area (Å²) in [6.45, 7) is 3.62. The maximum atomic E-state index is 12.1. The second kappa shape index (κ2) is 7.44. The van der Waals surface area contributed by atoms with Crippen molar-refractivity contribution in [2.24, 2.45) is 5.92 Å². The lowest BCUT2D eigenvalue weighted by Gasteiger charge is -2.21. The van der Waals surface area contributed by atoms with Crippen LogP contribution in [0.1, 0.15) is 23.8 Å². The van der Waals surface area contributed by atoms with Crippen molar-refractivity contribution >= 4 is 33.3 Å². The van der Waals surface area contributed by atoms with Gasteiger partial charge in [-0.25, -0.2) is 9.97 Å². The fraction of sp³-hybridized carbons (Fsp3) is 0.588. The van der Waals surface area contributed by atoms with Crippen molar-refractivity contribution in [1.29, 1.82) is 0 Å². The zero-order chi connectivity index (χ0) is 17.1. The summed E-state index contributed by atoms with van der Waals surface area (Å²) in [7, 11) is 3.53. The molecule has 0 saturated heterocycles. The van der Waals surface area contributed by atoms with Crippen molar-refractivity contribution in [2.75, 3.05) is 38.8 Å². The van der Waals surface area contributed by atoms with Crippen LogP contribution >= 0.6 is 11.3 Å². The van der Waals surface area contributed by atoms with Gasteiger partial charge in [0.1, 0.15) is 17.0 Å². The van der Waals surface area contributed by atoms with Crippen molar-refractivity contribution in [1.82, 2.24) is 15.3 Å². The molecule has 0 spiro atoms. The number of carbonyl (C=O) groups is 1. The zero-order valence-corrected chi connectivity index (χ0v) is 15.3. The first kappa shape index (κ1) is 17.1. The molecule has 2 aromatic heterocycles. The van der Waals surface area contributed by atoms with E-state index in [9.17, 15) is 4.79 Å². The number of methoxy groups -OCH3 is 1. The molecule has 1 atom stereocenters. The first-order chi connectivity index (χ1) is 11.6. The molecular weight excluding hydrogens is 324 g/mol. The predicted molar refractivity (Wildman–Crippen MR) is 96.8 cm³/mol. The van der Waals surface area contributed by atoms with Gasteiger partial charge in [0.2, 0.25) is 5.91 Å². The van der Waals surface area contributed by atoms with E-state index in [1.54, 1.807) is 24.8 Å². The predicted octanol–water partition coefficient (Wildman–Crippen LogP) is 2.01. The molecule has 2 heterocycles. The summed E-state index contributed by atoms with van der Waals surface area (Å²) >= 11 is 1.78. The van der Waals surface area contributed by atoms with E-state index in [2.05, 4.69) is 22.2 Å². The Hall–Kier alpha value is -1.73. The van der Waals surface area contributed by atoms with E-state index in [-0.39, 0.29) is 12.5 Å². The molecule has 24 heavy (non-hydrogen) atoms. The number of anilines is 1. The summed E-state index contributed by atoms with van der Waals surface area (Å²) in [5.74, 6) is 1.55. The van der Waals surface area contributed by atoms with Gasteiger partial charge in [0, 0.05) is 25.6 Å². The minimum absolute atomic E-state index is 0.0287. The van der Waals surface area contributed by atoms with E-state index >= 15 is 0 Å². The number of thiophene rings is 1. The number of carbonyl (C=O) groups excluding carboxylic acids is 1. The molecule has 7 heteroatoms. The van der Waals surface area contributed by atoms with E-state index in [4.69, 9.17) is 4.74 Å². The standard InChI is InChI=1S/C17H24N4O2S/c1-11-4-5-12-13(8-11)24-17-15(12)16(19-10-20-17)21(2)9-14(22)18-6-7-23-3/h10-11H,4-9H2,1-3H3,(H,18,22)/t11-/m0/s1. The average molecular weight is 348 g/mol. The number of aromatic nitrogens is 2. The number of hydrogen-bond acceptors (Lipinski definition) is 6. The summed E-state index contributed by atoms with van der Waals surface area (Å²) < 4.78 is 4.95. The van der Waals surface area contributed by atoms with Crippen LogP contribution in [0, 0.1) is 5.92 Å². The summed E-state index contributed by atoms with van der Waals surface area (Å²) in [5, 5.41) is 3.98. The van der Waals surface area contributed by atoms with E-state index in [1.807, 2.05) is 11.9 Å². The van der Waals surface area contributed by atoms with Crippen LogP contribution < -0.4 is 10.2 Å². The Kier molecular flexibility index (Phi) is 5.30. The SMILES string of the molecule is COCCNC(=O)CN(C)c1ncnc2sc3c(c12)CC[C@H](C)C3. The van der Waals surface area contributed by atoms with E-state index < -0.39 is 0 Å². The van der Waals surface area contributed by atoms with Gasteiger partial charge in [-0.05, 0) is 30.7 Å². The van der Waals surface area contributed by atoms with Crippen molar-refractivity contribution in [2.45, 2.75) is 26.2 Å². The number of fused-ring (bicyclic) bond motifs is 3. The Morgan fingerprint density at radius 2 is 2.33 bits per heavy atom. The highest BCUT2D eigenvalue weighted by molar-refractivity contribution is 7.19. The Labute approximate surface area is 146 Å². The highest BCUT2D eigenvalue weighted by Crippen LogP contribution is 2.40. The van der Waals surface area contributed by atoms with E-state index in [0.29, 0.717) is 13.2 Å². The Morgan fingerprint density at radius 1 is 1.50 bits per heavy atom. The third-order valence-corrected chi connectivity index (χ3v) is 5.60. The molecule has 2 aromatic rings. The average Bonchev–Trinajstić information content (AvgIpc) is 2.92. The quantitative estimate of drug-likeness (QED) is 0.809. The van der Waals surface area contributed by atoms with Crippen LogP contribution in [0.4, 0.5) is 5.82 Å². The molecule has 1 amide bonds. The van der Waals surface area contributed by atoms with Gasteiger partial charge in [-0.15, -0.1) is 11.3 Å². The van der Waals surface area contributed by atoms with Gasteiger partial charge in [-0.2, -0.15) is 0 Å². The third kappa shape index (κ3) is 3.52. The molecule has 1 aliphatic carbocycles. The normalized spacial score (nSPS) is 16.9. The number of likely N-dealkylation sites (N-methyl/N-ethyl adjacent to an activating group) is 1. The van der Waals surface area contributed by atoms with Gasteiger partial charge >= 0.3 is 0 Å². The molecule has 0 radical (unpaired) electrons. The van der Waals surface area contributed by atoms with E-state index in [1.165, 1.54) is 16.9 Å². The molecule has 1 N–H and O–H groups in total. The second-order valence-corrected chi connectivity index (χ2v) is 7.51. The van der Waals surface area contributed by atoms with Crippen LogP contribution in [0.5, 0.6) is 0 Å². The molecule has 0 bridgehead atoms. The van der Waals surface area contributed by atoms with Gasteiger partial charge in [0.15, 0.2) is 0 Å². The summed E-state index contributed by atoms with van der Waals surface area (Å²) in [6.07, 6.45) is 5.00. The number of rotatable bonds is 6. The molecule has 1 aliphatic rings. The third-order valence-electron chi connectivity index (χ3n) is 4.44. The summed E-state index contributed by atoms with van der Waals surface area (Å²) in [6, 6.07) is 0. The van der Waals surface area contributed by atoms with Gasteiger partial charge in [-0.3, -0.25) is 4.79 Å². The van der Waals surface area contributed by atoms with Crippen LogP contribution in [0.3, 0.4) is 0 Å². The molecular formula is C17H24N4O2S. The number of amides is 1. The minimum atomic E-state index is -0.0287. The Balaban J connectivity index is 1.82. The lowest BCUT2D eigenvalue weighted by molar-refractivity contribution is -0.119. The molecule has 0 saturated carbocycles. The summed E-state index contributed by atoms with van der Waals surface area (Å²) in [5.41, 5.74) is 1.38. The first-order valence-corrected chi connectivity index (χ1v) is 9.13. The molecule has 130 valence electrons. The first-order valence-electron chi connectivity index (χ1n) is 8.32. The maximum Gasteiger partial charge on any atom is 0.239 e. The molecule has 3 rings (SSSR count). The van der Waals surface area contributed by atoms with Crippen molar-refractivity contribution in [3.63, 3.8) is 0 Å². The Bertz CT molecular complexity index is 731. The largest absolute Gasteiger partial charge is 0.383 e. The smallest absolute Gasteiger partial charge is 0.239 e. The lowest BCUT2D eigenvalue weighted by Crippen LogP contribution is -2.37. The van der Waals surface area contributed by atoms with Gasteiger partial charge in [0.25, 0.3) is 0 Å². The molecule has 0 aliphatic heterocycles. The highest BCUT2D eigenvalue weighted by Gasteiger charge is 2.24. The van der Waals surface area contributed by atoms with Crippen LogP contribution in [0.25, 0.3) is 10.2 Å². The monoisotopic (exact) mass is 348 g/mol. The van der Waals surface area contributed by atoms with Gasteiger partial charge in [-0.1, -0.05) is 6.92 Å². The van der Waals surface area contributed by atoms with Crippen LogP contribution in [0.2, 0.25) is 0 Å². The maximum absolute atomic E-state index is 12.1. The number of aryl methyl sites for hydroxylation is 1. The lowest BCUT2D eigenvalue weighted by atomic mass is 9.89. The zero-order valence-electron chi connectivity index (χ0n) is 14.5. The fourth-order valence-electron chi connectivity index (χ4n) is 3.19. The summed E-state index contributed by atoms with van der Waals surface area (Å²) in [4.78, 5) is 25.4. The van der Waals surface area contributed by atoms with Crippen molar-refractivity contribution in [3.8, 4) is 0 Å². The topological polar surface area (TPSA) is 67.3 Å². The van der Waals surface area contributed by atoms with Gasteiger partial charge < -0.3 is 15.0 Å². The van der Waals surface area contributed by atoms with Crippen LogP contribution in [0.15, 0.2) is 6.33 Å². The van der Waals surface area contributed by atoms with Gasteiger partial charge in [0.05, 0.1) is 18.5 Å². The molecule has 0 fully saturated rings. The molecule has 6 nitrogen and oxygen atoms in total.